The SMILES string of the molecule is [O]c1cccc2c1ccc1ccccc12. The molecule has 1 nitrogen and oxygen atoms in total. The zero-order valence-corrected chi connectivity index (χ0v) is 8.10. The van der Waals surface area contributed by atoms with E-state index in [9.17, 15) is 5.11 Å². The molecular formula is C14H9O. The van der Waals surface area contributed by atoms with Crippen LogP contribution in [-0.2, 0) is 5.11 Å². The number of hydrogen-bond acceptors (Lipinski definition) is 0. The van der Waals surface area contributed by atoms with Gasteiger partial charge in [-0.05, 0) is 28.3 Å². The number of hydrogen-bond donors (Lipinski definition) is 0. The summed E-state index contributed by atoms with van der Waals surface area (Å²) in [5, 5.41) is 15.8. The maximum absolute atomic E-state index is 11.6. The van der Waals surface area contributed by atoms with Crippen LogP contribution in [0.2, 0.25) is 0 Å². The van der Waals surface area contributed by atoms with E-state index in [1.807, 2.05) is 36.4 Å². The summed E-state index contributed by atoms with van der Waals surface area (Å²) in [6.45, 7) is 0. The van der Waals surface area contributed by atoms with Gasteiger partial charge in [0, 0.05) is 5.39 Å². The highest BCUT2D eigenvalue weighted by atomic mass is 16.3. The maximum atomic E-state index is 11.6. The van der Waals surface area contributed by atoms with Crippen LogP contribution in [0.5, 0.6) is 5.75 Å². The minimum atomic E-state index is 0.0956. The third kappa shape index (κ3) is 1.17. The monoisotopic (exact) mass is 193 g/mol. The van der Waals surface area contributed by atoms with Gasteiger partial charge >= 0.3 is 0 Å². The minimum Gasteiger partial charge on any atom is -0.289 e. The molecule has 71 valence electrons. The summed E-state index contributed by atoms with van der Waals surface area (Å²) in [5.74, 6) is 0.0956. The van der Waals surface area contributed by atoms with Crippen molar-refractivity contribution < 1.29 is 5.11 Å². The zero-order chi connectivity index (χ0) is 10.3. The summed E-state index contributed by atoms with van der Waals surface area (Å²) in [4.78, 5) is 0. The van der Waals surface area contributed by atoms with Gasteiger partial charge in [0.2, 0.25) is 0 Å². The van der Waals surface area contributed by atoms with Gasteiger partial charge in [0.25, 0.3) is 0 Å². The standard InChI is InChI=1S/C14H9O/c15-14-7-3-6-12-11-5-2-1-4-10(11)8-9-13(12)14/h1-9H. The molecule has 0 aliphatic carbocycles. The Morgan fingerprint density at radius 1 is 0.600 bits per heavy atom. The molecule has 0 saturated carbocycles. The Bertz CT molecular complexity index is 641. The van der Waals surface area contributed by atoms with Gasteiger partial charge in [0.05, 0.1) is 0 Å². The molecule has 0 fully saturated rings. The smallest absolute Gasteiger partial charge is 0.186 e. The van der Waals surface area contributed by atoms with Crippen LogP contribution in [0, 0.1) is 0 Å². The van der Waals surface area contributed by atoms with E-state index in [1.54, 1.807) is 6.07 Å². The zero-order valence-electron chi connectivity index (χ0n) is 8.10. The lowest BCUT2D eigenvalue weighted by Gasteiger charge is -2.03. The fourth-order valence-electron chi connectivity index (χ4n) is 2.01. The average molecular weight is 193 g/mol. The predicted octanol–water partition coefficient (Wildman–Crippen LogP) is 4.14. The third-order valence-corrected chi connectivity index (χ3v) is 2.75. The molecular weight excluding hydrogens is 184 g/mol. The molecule has 3 aromatic rings. The Morgan fingerprint density at radius 2 is 1.40 bits per heavy atom. The number of rotatable bonds is 0. The average Bonchev–Trinajstić information content (AvgIpc) is 2.29. The Labute approximate surface area is 87.6 Å². The molecule has 3 rings (SSSR count). The van der Waals surface area contributed by atoms with Gasteiger partial charge in [-0.25, -0.2) is 0 Å². The molecule has 0 atom stereocenters. The number of fused-ring (bicyclic) bond motifs is 3. The Morgan fingerprint density at radius 3 is 2.33 bits per heavy atom. The van der Waals surface area contributed by atoms with Gasteiger partial charge < -0.3 is 0 Å². The summed E-state index contributed by atoms with van der Waals surface area (Å²) in [6, 6.07) is 17.4. The highest BCUT2D eigenvalue weighted by Crippen LogP contribution is 2.30. The second kappa shape index (κ2) is 2.99. The molecule has 0 aromatic heterocycles. The molecule has 0 heterocycles. The van der Waals surface area contributed by atoms with Crippen molar-refractivity contribution in [3.63, 3.8) is 0 Å². The van der Waals surface area contributed by atoms with Crippen LogP contribution in [0.15, 0.2) is 54.6 Å². The van der Waals surface area contributed by atoms with Gasteiger partial charge in [-0.3, -0.25) is 5.11 Å². The second-order valence-electron chi connectivity index (χ2n) is 3.64. The summed E-state index contributed by atoms with van der Waals surface area (Å²) in [6.07, 6.45) is 0. The highest BCUT2D eigenvalue weighted by molar-refractivity contribution is 6.09. The van der Waals surface area contributed by atoms with E-state index in [4.69, 9.17) is 0 Å². The van der Waals surface area contributed by atoms with Crippen molar-refractivity contribution in [1.29, 1.82) is 0 Å². The van der Waals surface area contributed by atoms with Crippen molar-refractivity contribution >= 4 is 21.5 Å². The van der Waals surface area contributed by atoms with Crippen LogP contribution in [0.25, 0.3) is 21.5 Å². The van der Waals surface area contributed by atoms with Crippen molar-refractivity contribution in [2.75, 3.05) is 0 Å². The van der Waals surface area contributed by atoms with E-state index >= 15 is 0 Å². The van der Waals surface area contributed by atoms with Crippen LogP contribution in [0.1, 0.15) is 0 Å². The van der Waals surface area contributed by atoms with E-state index in [0.717, 1.165) is 16.2 Å². The molecule has 0 amide bonds. The van der Waals surface area contributed by atoms with Crippen molar-refractivity contribution in [1.82, 2.24) is 0 Å². The second-order valence-corrected chi connectivity index (χ2v) is 3.64. The van der Waals surface area contributed by atoms with Crippen LogP contribution in [0.3, 0.4) is 0 Å². The fourth-order valence-corrected chi connectivity index (χ4v) is 2.01. The van der Waals surface area contributed by atoms with Gasteiger partial charge in [-0.15, -0.1) is 0 Å². The van der Waals surface area contributed by atoms with Crippen LogP contribution < -0.4 is 0 Å². The lowest BCUT2D eigenvalue weighted by Crippen LogP contribution is -1.76. The molecule has 0 unspecified atom stereocenters. The third-order valence-electron chi connectivity index (χ3n) is 2.75. The summed E-state index contributed by atoms with van der Waals surface area (Å²) >= 11 is 0. The first kappa shape index (κ1) is 8.30. The Kier molecular flexibility index (Phi) is 1.65. The molecule has 0 aliphatic heterocycles. The van der Waals surface area contributed by atoms with Crippen molar-refractivity contribution in [2.45, 2.75) is 0 Å². The van der Waals surface area contributed by atoms with Crippen molar-refractivity contribution in [3.05, 3.63) is 54.6 Å². The predicted molar refractivity (Wildman–Crippen MR) is 61.6 cm³/mol. The maximum Gasteiger partial charge on any atom is 0.186 e. The van der Waals surface area contributed by atoms with Crippen molar-refractivity contribution in [2.24, 2.45) is 0 Å². The molecule has 0 bridgehead atoms. The van der Waals surface area contributed by atoms with Gasteiger partial charge in [-0.1, -0.05) is 42.5 Å². The topological polar surface area (TPSA) is 19.9 Å². The van der Waals surface area contributed by atoms with Crippen molar-refractivity contribution in [3.8, 4) is 5.75 Å². The molecule has 0 N–H and O–H groups in total. The first-order valence-electron chi connectivity index (χ1n) is 4.94. The lowest BCUT2D eigenvalue weighted by atomic mass is 10.0. The van der Waals surface area contributed by atoms with Gasteiger partial charge in [0.15, 0.2) is 5.75 Å². The largest absolute Gasteiger partial charge is 0.289 e. The van der Waals surface area contributed by atoms with Crippen LogP contribution >= 0.6 is 0 Å². The molecule has 0 saturated heterocycles. The minimum absolute atomic E-state index is 0.0956. The van der Waals surface area contributed by atoms with Gasteiger partial charge in [-0.2, -0.15) is 0 Å². The molecule has 1 heteroatoms. The molecule has 0 spiro atoms. The first-order valence-corrected chi connectivity index (χ1v) is 4.94. The van der Waals surface area contributed by atoms with Crippen LogP contribution in [-0.4, -0.2) is 0 Å². The van der Waals surface area contributed by atoms with E-state index in [-0.39, 0.29) is 5.75 Å². The molecule has 1 radical (unpaired) electrons. The number of benzene rings is 3. The first-order chi connectivity index (χ1) is 7.36. The molecule has 3 aromatic carbocycles. The van der Waals surface area contributed by atoms with Gasteiger partial charge in [0.1, 0.15) is 0 Å². The fraction of sp³-hybridized carbons (Fsp3) is 0. The summed E-state index contributed by atoms with van der Waals surface area (Å²) in [5.41, 5.74) is 0. The van der Waals surface area contributed by atoms with E-state index in [2.05, 4.69) is 12.1 Å². The van der Waals surface area contributed by atoms with Crippen LogP contribution in [0.4, 0.5) is 0 Å². The summed E-state index contributed by atoms with van der Waals surface area (Å²) < 4.78 is 0. The Hall–Kier alpha value is -2.02. The highest BCUT2D eigenvalue weighted by Gasteiger charge is 2.03. The van der Waals surface area contributed by atoms with E-state index in [0.29, 0.717) is 0 Å². The Balaban J connectivity index is 2.60. The van der Waals surface area contributed by atoms with E-state index in [1.165, 1.54) is 5.39 Å². The normalized spacial score (nSPS) is 10.9. The quantitative estimate of drug-likeness (QED) is 0.478. The van der Waals surface area contributed by atoms with E-state index < -0.39 is 0 Å². The lowest BCUT2D eigenvalue weighted by molar-refractivity contribution is 0.360. The molecule has 15 heavy (non-hydrogen) atoms. The summed E-state index contributed by atoms with van der Waals surface area (Å²) in [7, 11) is 0. The molecule has 0 aliphatic rings.